The molecular weight excluding hydrogens is 371 g/mol. The zero-order valence-electron chi connectivity index (χ0n) is 14.8. The largest absolute Gasteiger partial charge is 0.416 e. The number of benzene rings is 2. The van der Waals surface area contributed by atoms with E-state index in [1.165, 1.54) is 18.5 Å². The average Bonchev–Trinajstić information content (AvgIpc) is 3.18. The van der Waals surface area contributed by atoms with E-state index in [9.17, 15) is 18.0 Å². The van der Waals surface area contributed by atoms with Crippen LogP contribution in [0, 0.1) is 0 Å². The molecular formula is C19H18F3N5O. The van der Waals surface area contributed by atoms with Crippen LogP contribution in [0.2, 0.25) is 0 Å². The van der Waals surface area contributed by atoms with Crippen LogP contribution in [0.15, 0.2) is 61.2 Å². The van der Waals surface area contributed by atoms with Crippen molar-refractivity contribution in [1.29, 1.82) is 0 Å². The van der Waals surface area contributed by atoms with E-state index in [-0.39, 0.29) is 6.54 Å². The lowest BCUT2D eigenvalue weighted by Crippen LogP contribution is -2.34. The van der Waals surface area contributed by atoms with Gasteiger partial charge in [0.25, 0.3) is 0 Å². The van der Waals surface area contributed by atoms with Crippen LogP contribution in [0.5, 0.6) is 0 Å². The van der Waals surface area contributed by atoms with Gasteiger partial charge in [-0.1, -0.05) is 36.4 Å². The SMILES string of the molecule is O=C(NCc1ccc(Cn2cncn2)cc1)NCc1ccc(C(F)(F)F)cc1. The molecule has 3 aromatic rings. The van der Waals surface area contributed by atoms with Crippen LogP contribution in [0.4, 0.5) is 18.0 Å². The molecule has 0 radical (unpaired) electrons. The molecule has 6 nitrogen and oxygen atoms in total. The van der Waals surface area contributed by atoms with E-state index in [0.29, 0.717) is 18.7 Å². The van der Waals surface area contributed by atoms with Gasteiger partial charge in [0.1, 0.15) is 12.7 Å². The summed E-state index contributed by atoms with van der Waals surface area (Å²) in [4.78, 5) is 15.8. The molecule has 0 bridgehead atoms. The van der Waals surface area contributed by atoms with Gasteiger partial charge in [-0.2, -0.15) is 18.3 Å². The lowest BCUT2D eigenvalue weighted by Gasteiger charge is -2.10. The van der Waals surface area contributed by atoms with Gasteiger partial charge in [0.2, 0.25) is 0 Å². The summed E-state index contributed by atoms with van der Waals surface area (Å²) in [6, 6.07) is 12.0. The van der Waals surface area contributed by atoms with Crippen molar-refractivity contribution >= 4 is 6.03 Å². The molecule has 28 heavy (non-hydrogen) atoms. The Morgan fingerprint density at radius 2 is 1.43 bits per heavy atom. The Bertz CT molecular complexity index is 891. The van der Waals surface area contributed by atoms with Crippen LogP contribution in [0.3, 0.4) is 0 Å². The van der Waals surface area contributed by atoms with E-state index in [0.717, 1.165) is 23.3 Å². The first kappa shape index (κ1) is 19.4. The first-order valence-electron chi connectivity index (χ1n) is 8.48. The number of alkyl halides is 3. The molecule has 2 N–H and O–H groups in total. The predicted octanol–water partition coefficient (Wildman–Crippen LogP) is 3.34. The van der Waals surface area contributed by atoms with Crippen molar-refractivity contribution in [2.45, 2.75) is 25.8 Å². The van der Waals surface area contributed by atoms with Crippen molar-refractivity contribution in [2.24, 2.45) is 0 Å². The average molecular weight is 389 g/mol. The fourth-order valence-corrected chi connectivity index (χ4v) is 2.50. The van der Waals surface area contributed by atoms with Crippen molar-refractivity contribution < 1.29 is 18.0 Å². The van der Waals surface area contributed by atoms with Gasteiger partial charge in [0.15, 0.2) is 0 Å². The minimum atomic E-state index is -4.37. The molecule has 1 aromatic heterocycles. The molecule has 2 aromatic carbocycles. The summed E-state index contributed by atoms with van der Waals surface area (Å²) in [5, 5.41) is 9.37. The highest BCUT2D eigenvalue weighted by Crippen LogP contribution is 2.29. The Kier molecular flexibility index (Phi) is 5.93. The second-order valence-corrected chi connectivity index (χ2v) is 6.14. The number of halogens is 3. The second-order valence-electron chi connectivity index (χ2n) is 6.14. The first-order valence-corrected chi connectivity index (χ1v) is 8.48. The molecule has 2 amide bonds. The van der Waals surface area contributed by atoms with Gasteiger partial charge in [0.05, 0.1) is 12.1 Å². The molecule has 0 aliphatic carbocycles. The van der Waals surface area contributed by atoms with E-state index in [1.807, 2.05) is 24.3 Å². The molecule has 0 aliphatic rings. The highest BCUT2D eigenvalue weighted by molar-refractivity contribution is 5.73. The maximum Gasteiger partial charge on any atom is 0.416 e. The molecule has 9 heteroatoms. The van der Waals surface area contributed by atoms with Crippen molar-refractivity contribution in [2.75, 3.05) is 0 Å². The summed E-state index contributed by atoms with van der Waals surface area (Å²) >= 11 is 0. The van der Waals surface area contributed by atoms with Crippen LogP contribution in [-0.4, -0.2) is 20.8 Å². The van der Waals surface area contributed by atoms with E-state index in [1.54, 1.807) is 11.0 Å². The van der Waals surface area contributed by atoms with Gasteiger partial charge in [-0.15, -0.1) is 0 Å². The quantitative estimate of drug-likeness (QED) is 0.679. The number of nitrogens with one attached hydrogen (secondary N) is 2. The van der Waals surface area contributed by atoms with Crippen molar-refractivity contribution in [3.63, 3.8) is 0 Å². The van der Waals surface area contributed by atoms with Gasteiger partial charge < -0.3 is 10.6 Å². The summed E-state index contributed by atoms with van der Waals surface area (Å²) in [5.74, 6) is 0. The van der Waals surface area contributed by atoms with Gasteiger partial charge in [-0.05, 0) is 28.8 Å². The zero-order valence-corrected chi connectivity index (χ0v) is 14.8. The summed E-state index contributed by atoms with van der Waals surface area (Å²) in [5.41, 5.74) is 1.85. The fourth-order valence-electron chi connectivity index (χ4n) is 2.50. The van der Waals surface area contributed by atoms with Crippen LogP contribution < -0.4 is 10.6 Å². The standard InChI is InChI=1S/C19H18F3N5O/c20-19(21,22)17-7-5-15(6-8-17)10-25-18(28)24-9-14-1-3-16(4-2-14)11-27-13-23-12-26-27/h1-8,12-13H,9-11H2,(H2,24,25,28). The van der Waals surface area contributed by atoms with Gasteiger partial charge >= 0.3 is 12.2 Å². The number of hydrogen-bond acceptors (Lipinski definition) is 3. The van der Waals surface area contributed by atoms with Crippen LogP contribution in [0.25, 0.3) is 0 Å². The Hall–Kier alpha value is -3.36. The van der Waals surface area contributed by atoms with Gasteiger partial charge in [-0.25, -0.2) is 14.5 Å². The zero-order chi connectivity index (χ0) is 20.0. The Morgan fingerprint density at radius 3 is 1.93 bits per heavy atom. The number of nitrogens with zero attached hydrogens (tertiary/aromatic N) is 3. The van der Waals surface area contributed by atoms with Crippen molar-refractivity contribution in [3.05, 3.63) is 83.4 Å². The third-order valence-electron chi connectivity index (χ3n) is 4.02. The highest BCUT2D eigenvalue weighted by atomic mass is 19.4. The minimum Gasteiger partial charge on any atom is -0.334 e. The van der Waals surface area contributed by atoms with E-state index < -0.39 is 17.8 Å². The molecule has 0 atom stereocenters. The maximum atomic E-state index is 12.5. The van der Waals surface area contributed by atoms with Crippen molar-refractivity contribution in [1.82, 2.24) is 25.4 Å². The molecule has 146 valence electrons. The van der Waals surface area contributed by atoms with Crippen LogP contribution in [-0.2, 0) is 25.8 Å². The molecule has 0 spiro atoms. The third kappa shape index (κ3) is 5.57. The lowest BCUT2D eigenvalue weighted by atomic mass is 10.1. The van der Waals surface area contributed by atoms with E-state index in [4.69, 9.17) is 0 Å². The monoisotopic (exact) mass is 389 g/mol. The third-order valence-corrected chi connectivity index (χ3v) is 4.02. The molecule has 0 aliphatic heterocycles. The van der Waals surface area contributed by atoms with Crippen molar-refractivity contribution in [3.8, 4) is 0 Å². The fraction of sp³-hybridized carbons (Fsp3) is 0.211. The minimum absolute atomic E-state index is 0.140. The number of urea groups is 1. The topological polar surface area (TPSA) is 71.8 Å². The number of aromatic nitrogens is 3. The molecule has 0 saturated carbocycles. The number of carbonyl (C=O) groups is 1. The molecule has 0 unspecified atom stereocenters. The Balaban J connectivity index is 1.42. The summed E-state index contributed by atoms with van der Waals surface area (Å²) in [6.07, 6.45) is -1.26. The predicted molar refractivity (Wildman–Crippen MR) is 96.1 cm³/mol. The normalized spacial score (nSPS) is 11.2. The molecule has 0 saturated heterocycles. The second kappa shape index (κ2) is 8.55. The number of rotatable bonds is 6. The summed E-state index contributed by atoms with van der Waals surface area (Å²) in [6.45, 7) is 1.09. The Labute approximate surface area is 159 Å². The lowest BCUT2D eigenvalue weighted by molar-refractivity contribution is -0.137. The van der Waals surface area contributed by atoms with Crippen LogP contribution in [0.1, 0.15) is 22.3 Å². The van der Waals surface area contributed by atoms with Crippen LogP contribution >= 0.6 is 0 Å². The Morgan fingerprint density at radius 1 is 0.893 bits per heavy atom. The molecule has 3 rings (SSSR count). The first-order chi connectivity index (χ1) is 13.4. The molecule has 0 fully saturated rings. The number of amides is 2. The van der Waals surface area contributed by atoms with Gasteiger partial charge in [-0.3, -0.25) is 0 Å². The summed E-state index contributed by atoms with van der Waals surface area (Å²) < 4.78 is 39.3. The highest BCUT2D eigenvalue weighted by Gasteiger charge is 2.29. The number of hydrogen-bond donors (Lipinski definition) is 2. The molecule has 1 heterocycles. The maximum absolute atomic E-state index is 12.5. The van der Waals surface area contributed by atoms with E-state index in [2.05, 4.69) is 20.7 Å². The number of carbonyl (C=O) groups excluding carboxylic acids is 1. The smallest absolute Gasteiger partial charge is 0.334 e. The summed E-state index contributed by atoms with van der Waals surface area (Å²) in [7, 11) is 0. The van der Waals surface area contributed by atoms with E-state index >= 15 is 0 Å². The van der Waals surface area contributed by atoms with Gasteiger partial charge in [0, 0.05) is 13.1 Å².